The molecule has 2 fully saturated rings. The van der Waals surface area contributed by atoms with Crippen LogP contribution in [-0.2, 0) is 6.54 Å². The fourth-order valence-electron chi connectivity index (χ4n) is 2.50. The van der Waals surface area contributed by atoms with Crippen molar-refractivity contribution in [3.8, 4) is 0 Å². The smallest absolute Gasteiger partial charge is 0.0843 e. The fraction of sp³-hybridized carbons (Fsp3) is 0.667. The van der Waals surface area contributed by atoms with E-state index in [0.717, 1.165) is 12.5 Å². The van der Waals surface area contributed by atoms with Crippen LogP contribution in [0, 0.1) is 11.3 Å². The summed E-state index contributed by atoms with van der Waals surface area (Å²) >= 11 is 8.88. The Morgan fingerprint density at radius 1 is 1.38 bits per heavy atom. The molecule has 0 saturated heterocycles. The van der Waals surface area contributed by atoms with Gasteiger partial charge in [-0.25, -0.2) is 0 Å². The third kappa shape index (κ3) is 2.40. The highest BCUT2D eigenvalue weighted by Crippen LogP contribution is 2.60. The number of rotatable bonds is 5. The van der Waals surface area contributed by atoms with Crippen molar-refractivity contribution in [2.75, 3.05) is 6.54 Å². The number of hydrogen-bond acceptors (Lipinski definition) is 2. The minimum absolute atomic E-state index is 0.714. The summed E-state index contributed by atoms with van der Waals surface area (Å²) in [5, 5.41) is 3.64. The highest BCUT2D eigenvalue weighted by Gasteiger charge is 2.53. The molecule has 88 valence electrons. The molecule has 0 aliphatic heterocycles. The Morgan fingerprint density at radius 3 is 2.62 bits per heavy atom. The van der Waals surface area contributed by atoms with E-state index in [-0.39, 0.29) is 0 Å². The number of halogens is 2. The van der Waals surface area contributed by atoms with Gasteiger partial charge in [0.05, 0.1) is 3.79 Å². The minimum Gasteiger partial charge on any atom is -0.311 e. The van der Waals surface area contributed by atoms with Crippen molar-refractivity contribution in [2.24, 2.45) is 11.3 Å². The number of nitrogens with one attached hydrogen (secondary N) is 1. The summed E-state index contributed by atoms with van der Waals surface area (Å²) in [6.45, 7) is 2.24. The summed E-state index contributed by atoms with van der Waals surface area (Å²) in [6.07, 6.45) is 5.89. The predicted molar refractivity (Wildman–Crippen MR) is 75.8 cm³/mol. The van der Waals surface area contributed by atoms with E-state index in [1.165, 1.54) is 45.4 Å². The summed E-state index contributed by atoms with van der Waals surface area (Å²) in [6, 6.07) is 2.21. The average molecular weight is 365 g/mol. The molecule has 1 nitrogen and oxygen atoms in total. The van der Waals surface area contributed by atoms with Crippen LogP contribution in [0.25, 0.3) is 0 Å². The van der Waals surface area contributed by atoms with E-state index in [1.807, 2.05) is 11.3 Å². The van der Waals surface area contributed by atoms with Crippen LogP contribution in [0.1, 0.15) is 30.6 Å². The molecular formula is C12H15Br2NS. The third-order valence-electron chi connectivity index (χ3n) is 3.81. The lowest BCUT2D eigenvalue weighted by Gasteiger charge is -2.14. The van der Waals surface area contributed by atoms with Crippen LogP contribution in [-0.4, -0.2) is 6.54 Å². The van der Waals surface area contributed by atoms with Gasteiger partial charge in [-0.05, 0) is 74.9 Å². The van der Waals surface area contributed by atoms with E-state index in [2.05, 4.69) is 43.2 Å². The number of thiophene rings is 1. The van der Waals surface area contributed by atoms with Crippen LogP contribution in [0.4, 0.5) is 0 Å². The molecule has 0 bridgehead atoms. The van der Waals surface area contributed by atoms with Crippen LogP contribution in [0.2, 0.25) is 0 Å². The van der Waals surface area contributed by atoms with Gasteiger partial charge in [-0.1, -0.05) is 0 Å². The molecule has 16 heavy (non-hydrogen) atoms. The molecule has 1 aromatic heterocycles. The zero-order valence-electron chi connectivity index (χ0n) is 9.06. The van der Waals surface area contributed by atoms with Gasteiger partial charge >= 0.3 is 0 Å². The Bertz CT molecular complexity index is 374. The Kier molecular flexibility index (Phi) is 3.20. The first kappa shape index (κ1) is 11.7. The number of hydrogen-bond donors (Lipinski definition) is 1. The lowest BCUT2D eigenvalue weighted by atomic mass is 10.0. The molecule has 3 rings (SSSR count). The maximum atomic E-state index is 3.64. The van der Waals surface area contributed by atoms with E-state index >= 15 is 0 Å². The second kappa shape index (κ2) is 4.38. The summed E-state index contributed by atoms with van der Waals surface area (Å²) in [7, 11) is 0. The van der Waals surface area contributed by atoms with Crippen LogP contribution in [0.5, 0.6) is 0 Å². The van der Waals surface area contributed by atoms with Gasteiger partial charge in [-0.3, -0.25) is 0 Å². The van der Waals surface area contributed by atoms with Gasteiger partial charge in [0.1, 0.15) is 0 Å². The summed E-state index contributed by atoms with van der Waals surface area (Å²) < 4.78 is 2.38. The molecule has 0 radical (unpaired) electrons. The first-order valence-electron chi connectivity index (χ1n) is 5.84. The molecule has 0 spiro atoms. The molecule has 2 saturated carbocycles. The molecule has 1 aromatic rings. The normalized spacial score (nSPS) is 22.4. The van der Waals surface area contributed by atoms with Gasteiger partial charge in [-0.15, -0.1) is 11.3 Å². The summed E-state index contributed by atoms with van der Waals surface area (Å²) in [4.78, 5) is 1.41. The highest BCUT2D eigenvalue weighted by molar-refractivity contribution is 9.13. The van der Waals surface area contributed by atoms with Crippen molar-refractivity contribution in [2.45, 2.75) is 32.2 Å². The van der Waals surface area contributed by atoms with E-state index < -0.39 is 0 Å². The van der Waals surface area contributed by atoms with Crippen molar-refractivity contribution >= 4 is 43.2 Å². The van der Waals surface area contributed by atoms with Crippen molar-refractivity contribution in [3.05, 3.63) is 19.2 Å². The maximum absolute atomic E-state index is 3.64. The van der Waals surface area contributed by atoms with Gasteiger partial charge in [0, 0.05) is 22.4 Å². The predicted octanol–water partition coefficient (Wildman–Crippen LogP) is 4.55. The molecule has 2 aliphatic carbocycles. The van der Waals surface area contributed by atoms with Gasteiger partial charge in [-0.2, -0.15) is 0 Å². The van der Waals surface area contributed by atoms with Crippen molar-refractivity contribution < 1.29 is 0 Å². The van der Waals surface area contributed by atoms with Crippen LogP contribution < -0.4 is 5.32 Å². The molecule has 1 heterocycles. The standard InChI is InChI=1S/C12H15Br2NS/c13-10-5-9(16-11(10)14)6-15-7-12(3-4-12)8-1-2-8/h5,8,15H,1-4,6-7H2. The van der Waals surface area contributed by atoms with Crippen molar-refractivity contribution in [1.82, 2.24) is 5.32 Å². The Labute approximate surface area is 117 Å². The lowest BCUT2D eigenvalue weighted by molar-refractivity contribution is 0.404. The monoisotopic (exact) mass is 363 g/mol. The maximum Gasteiger partial charge on any atom is 0.0843 e. The molecule has 2 aliphatic rings. The lowest BCUT2D eigenvalue weighted by Crippen LogP contribution is -2.24. The van der Waals surface area contributed by atoms with Crippen molar-refractivity contribution in [1.29, 1.82) is 0 Å². The zero-order chi connectivity index (χ0) is 11.2. The molecular weight excluding hydrogens is 350 g/mol. The first-order chi connectivity index (χ1) is 7.70. The second-order valence-corrected chi connectivity index (χ2v) is 8.38. The Balaban J connectivity index is 1.49. The fourth-order valence-corrected chi connectivity index (χ4v) is 4.65. The van der Waals surface area contributed by atoms with E-state index in [4.69, 9.17) is 0 Å². The molecule has 1 N–H and O–H groups in total. The minimum atomic E-state index is 0.714. The van der Waals surface area contributed by atoms with Crippen LogP contribution in [0.3, 0.4) is 0 Å². The quantitative estimate of drug-likeness (QED) is 0.807. The Morgan fingerprint density at radius 2 is 2.12 bits per heavy atom. The van der Waals surface area contributed by atoms with E-state index in [0.29, 0.717) is 5.41 Å². The second-order valence-electron chi connectivity index (χ2n) is 5.07. The highest BCUT2D eigenvalue weighted by atomic mass is 79.9. The first-order valence-corrected chi connectivity index (χ1v) is 8.24. The van der Waals surface area contributed by atoms with Crippen LogP contribution >= 0.6 is 43.2 Å². The zero-order valence-corrected chi connectivity index (χ0v) is 13.1. The van der Waals surface area contributed by atoms with E-state index in [9.17, 15) is 0 Å². The van der Waals surface area contributed by atoms with E-state index in [1.54, 1.807) is 0 Å². The molecule has 0 atom stereocenters. The molecule has 0 unspecified atom stereocenters. The van der Waals surface area contributed by atoms with Gasteiger partial charge < -0.3 is 5.32 Å². The van der Waals surface area contributed by atoms with Gasteiger partial charge in [0.25, 0.3) is 0 Å². The van der Waals surface area contributed by atoms with Crippen molar-refractivity contribution in [3.63, 3.8) is 0 Å². The largest absolute Gasteiger partial charge is 0.311 e. The average Bonchev–Trinajstić information content (AvgIpc) is 3.11. The van der Waals surface area contributed by atoms with Gasteiger partial charge in [0.15, 0.2) is 0 Å². The topological polar surface area (TPSA) is 12.0 Å². The third-order valence-corrected chi connectivity index (χ3v) is 7.06. The summed E-state index contributed by atoms with van der Waals surface area (Å²) in [5.41, 5.74) is 0.714. The van der Waals surface area contributed by atoms with Crippen LogP contribution in [0.15, 0.2) is 14.3 Å². The SMILES string of the molecule is Brc1cc(CNCC2(C3CC3)CC2)sc1Br. The molecule has 0 aromatic carbocycles. The molecule has 0 amide bonds. The Hall–Kier alpha value is 0.620. The molecule has 4 heteroatoms. The summed E-state index contributed by atoms with van der Waals surface area (Å²) in [5.74, 6) is 1.06. The van der Waals surface area contributed by atoms with Gasteiger partial charge in [0.2, 0.25) is 0 Å².